The van der Waals surface area contributed by atoms with E-state index in [1.807, 2.05) is 31.2 Å². The molecule has 2 aromatic carbocycles. The van der Waals surface area contributed by atoms with Gasteiger partial charge in [-0.2, -0.15) is 13.2 Å². The van der Waals surface area contributed by atoms with Gasteiger partial charge in [-0.15, -0.1) is 0 Å². The van der Waals surface area contributed by atoms with E-state index >= 15 is 0 Å². The number of aryl methyl sites for hydroxylation is 1. The van der Waals surface area contributed by atoms with Crippen molar-refractivity contribution in [2.45, 2.75) is 81.8 Å². The molecule has 1 aliphatic carbocycles. The molecule has 0 bridgehead atoms. The van der Waals surface area contributed by atoms with Crippen molar-refractivity contribution in [3.8, 4) is 5.19 Å². The second-order valence-corrected chi connectivity index (χ2v) is 13.5. The molecular weight excluding hydrogens is 640 g/mol. The van der Waals surface area contributed by atoms with Gasteiger partial charge in [-0.3, -0.25) is 9.59 Å². The number of ether oxygens (including phenoxy) is 1. The summed E-state index contributed by atoms with van der Waals surface area (Å²) in [6.07, 6.45) is 1.26. The standard InChI is InChI=1S/C33H34F4N4O5S/c1-18-9-10-24-27(11-18)47-31(39-24)46-23-15-26-28(42)40-32(30(44)45)16-19(32)7-5-3-2-4-6-8-25(29(43)41(26)17-23)38-22-13-20(33(35,36)37)12-21(34)14-22/h5,7,9-14,19,23,25-26,38H,2-4,6,8,15-17H2,1H3,(H,40,42)(H,44,45)/b7-5-/t19-,23+,25-,26-,32+/m0/s1. The lowest BCUT2D eigenvalue weighted by Crippen LogP contribution is -2.55. The molecule has 0 unspecified atom stereocenters. The minimum absolute atomic E-state index is 0.0354. The number of anilines is 1. The minimum Gasteiger partial charge on any atom is -0.479 e. The fourth-order valence-corrected chi connectivity index (χ4v) is 7.37. The molecule has 0 radical (unpaired) electrons. The van der Waals surface area contributed by atoms with Gasteiger partial charge in [0.1, 0.15) is 29.5 Å². The fourth-order valence-electron chi connectivity index (χ4n) is 6.39. The molecule has 2 aliphatic heterocycles. The van der Waals surface area contributed by atoms with Crippen molar-refractivity contribution in [2.24, 2.45) is 5.92 Å². The maximum Gasteiger partial charge on any atom is 0.416 e. The van der Waals surface area contributed by atoms with Gasteiger partial charge in [0, 0.05) is 18.0 Å². The summed E-state index contributed by atoms with van der Waals surface area (Å²) in [5.41, 5.74) is -1.15. The van der Waals surface area contributed by atoms with Gasteiger partial charge in [-0.1, -0.05) is 42.4 Å². The Hall–Kier alpha value is -4.20. The molecule has 1 saturated carbocycles. The number of alkyl halides is 3. The Kier molecular flexibility index (Phi) is 8.90. The van der Waals surface area contributed by atoms with Crippen LogP contribution >= 0.6 is 11.3 Å². The van der Waals surface area contributed by atoms with E-state index < -0.39 is 65.0 Å². The monoisotopic (exact) mass is 674 g/mol. The largest absolute Gasteiger partial charge is 0.479 e. The van der Waals surface area contributed by atoms with E-state index in [9.17, 15) is 37.1 Å². The van der Waals surface area contributed by atoms with Crippen molar-refractivity contribution >= 4 is 45.0 Å². The quantitative estimate of drug-likeness (QED) is 0.222. The maximum atomic E-state index is 14.3. The van der Waals surface area contributed by atoms with Gasteiger partial charge in [0.05, 0.1) is 22.3 Å². The highest BCUT2D eigenvalue weighted by molar-refractivity contribution is 7.20. The van der Waals surface area contributed by atoms with Crippen molar-refractivity contribution in [1.82, 2.24) is 15.2 Å². The second kappa shape index (κ2) is 12.8. The minimum atomic E-state index is -4.80. The molecule has 1 aromatic heterocycles. The van der Waals surface area contributed by atoms with Crippen LogP contribution in [0, 0.1) is 18.7 Å². The van der Waals surface area contributed by atoms with E-state index in [1.165, 1.54) is 16.2 Å². The maximum absolute atomic E-state index is 14.3. The van der Waals surface area contributed by atoms with Crippen LogP contribution in [0.2, 0.25) is 0 Å². The van der Waals surface area contributed by atoms with Crippen molar-refractivity contribution in [3.05, 3.63) is 65.5 Å². The molecule has 3 N–H and O–H groups in total. The Morgan fingerprint density at radius 3 is 2.74 bits per heavy atom. The number of thiazole rings is 1. The van der Waals surface area contributed by atoms with E-state index in [-0.39, 0.29) is 31.5 Å². The topological polar surface area (TPSA) is 121 Å². The molecule has 9 nitrogen and oxygen atoms in total. The van der Waals surface area contributed by atoms with Gasteiger partial charge >= 0.3 is 12.1 Å². The zero-order chi connectivity index (χ0) is 33.5. The highest BCUT2D eigenvalue weighted by Gasteiger charge is 2.61. The number of carboxylic acid groups (broad SMARTS) is 1. The number of nitrogens with zero attached hydrogens (tertiary/aromatic N) is 2. The van der Waals surface area contributed by atoms with Crippen LogP contribution in [0.1, 0.15) is 56.1 Å². The van der Waals surface area contributed by atoms with Crippen molar-refractivity contribution < 1.29 is 41.8 Å². The molecule has 14 heteroatoms. The zero-order valence-electron chi connectivity index (χ0n) is 25.5. The van der Waals surface area contributed by atoms with Crippen molar-refractivity contribution in [2.75, 3.05) is 11.9 Å². The summed E-state index contributed by atoms with van der Waals surface area (Å²) in [5.74, 6) is -3.94. The van der Waals surface area contributed by atoms with Gasteiger partial charge < -0.3 is 25.4 Å². The Morgan fingerprint density at radius 1 is 1.17 bits per heavy atom. The third kappa shape index (κ3) is 7.07. The molecule has 0 spiro atoms. The van der Waals surface area contributed by atoms with Crippen LogP contribution in [-0.4, -0.2) is 63.0 Å². The number of hydrogen-bond donors (Lipinski definition) is 3. The smallest absolute Gasteiger partial charge is 0.416 e. The molecule has 6 rings (SSSR count). The van der Waals surface area contributed by atoms with Gasteiger partial charge in [0.2, 0.25) is 11.8 Å². The van der Waals surface area contributed by atoms with Gasteiger partial charge in [0.15, 0.2) is 0 Å². The number of rotatable bonds is 5. The van der Waals surface area contributed by atoms with Crippen LogP contribution in [0.5, 0.6) is 5.19 Å². The molecule has 1 saturated heterocycles. The number of aliphatic carboxylic acids is 1. The molecule has 2 fully saturated rings. The molecule has 2 amide bonds. The number of carbonyl (C=O) groups is 3. The van der Waals surface area contributed by atoms with Crippen LogP contribution in [0.15, 0.2) is 48.6 Å². The Balaban J connectivity index is 1.31. The second-order valence-electron chi connectivity index (χ2n) is 12.5. The normalized spacial score (nSPS) is 27.6. The lowest BCUT2D eigenvalue weighted by atomic mass is 10.0. The van der Waals surface area contributed by atoms with E-state index in [0.717, 1.165) is 34.3 Å². The number of aromatic nitrogens is 1. The number of carbonyl (C=O) groups excluding carboxylic acids is 2. The Morgan fingerprint density at radius 2 is 1.98 bits per heavy atom. The summed E-state index contributed by atoms with van der Waals surface area (Å²) in [4.78, 5) is 46.2. The van der Waals surface area contributed by atoms with Gasteiger partial charge in [-0.25, -0.2) is 14.2 Å². The molecule has 47 heavy (non-hydrogen) atoms. The number of amides is 2. The molecule has 250 valence electrons. The zero-order valence-corrected chi connectivity index (χ0v) is 26.3. The van der Waals surface area contributed by atoms with Crippen LogP contribution in [0.3, 0.4) is 0 Å². The SMILES string of the molecule is Cc1ccc2nc(O[C@@H]3C[C@H]4C(=O)N[C@]5(C(=O)O)C[C@@H]5/C=C\CCCCC[C@H](Nc5cc(F)cc(C(F)(F)F)c5)C(=O)N4C3)sc2c1. The first-order valence-electron chi connectivity index (χ1n) is 15.5. The Labute approximate surface area is 272 Å². The fraction of sp³-hybridized carbons (Fsp3) is 0.455. The van der Waals surface area contributed by atoms with E-state index in [1.54, 1.807) is 6.08 Å². The van der Waals surface area contributed by atoms with Gasteiger partial charge in [0.25, 0.3) is 5.19 Å². The Bertz CT molecular complexity index is 1730. The number of benzene rings is 2. The number of allylic oxidation sites excluding steroid dienone is 1. The average Bonchev–Trinajstić information content (AvgIpc) is 3.32. The predicted molar refractivity (Wildman–Crippen MR) is 167 cm³/mol. The molecule has 3 aliphatic rings. The van der Waals surface area contributed by atoms with Crippen LogP contribution in [-0.2, 0) is 20.6 Å². The first-order chi connectivity index (χ1) is 22.3. The number of fused-ring (bicyclic) bond motifs is 3. The first kappa shape index (κ1) is 32.7. The molecular formula is C33H34F4N4O5S. The van der Waals surface area contributed by atoms with Crippen LogP contribution in [0.4, 0.5) is 23.2 Å². The highest BCUT2D eigenvalue weighted by Crippen LogP contribution is 2.45. The summed E-state index contributed by atoms with van der Waals surface area (Å²) >= 11 is 1.32. The number of hydrogen-bond acceptors (Lipinski definition) is 7. The summed E-state index contributed by atoms with van der Waals surface area (Å²) in [7, 11) is 0. The van der Waals surface area contributed by atoms with Crippen molar-refractivity contribution in [3.63, 3.8) is 0 Å². The third-order valence-electron chi connectivity index (χ3n) is 8.98. The van der Waals surface area contributed by atoms with Crippen LogP contribution in [0.25, 0.3) is 10.2 Å². The summed E-state index contributed by atoms with van der Waals surface area (Å²) < 4.78 is 61.8. The van der Waals surface area contributed by atoms with E-state index in [2.05, 4.69) is 15.6 Å². The average molecular weight is 675 g/mol. The highest BCUT2D eigenvalue weighted by atomic mass is 32.1. The third-order valence-corrected chi connectivity index (χ3v) is 9.89. The van der Waals surface area contributed by atoms with E-state index in [0.29, 0.717) is 30.5 Å². The lowest BCUT2D eigenvalue weighted by molar-refractivity contribution is -0.145. The number of carboxylic acids is 1. The van der Waals surface area contributed by atoms with Crippen LogP contribution < -0.4 is 15.4 Å². The van der Waals surface area contributed by atoms with Crippen molar-refractivity contribution in [1.29, 1.82) is 0 Å². The summed E-state index contributed by atoms with van der Waals surface area (Å²) in [5, 5.41) is 15.9. The molecule has 5 atom stereocenters. The molecule has 3 aromatic rings. The number of halogens is 4. The van der Waals surface area contributed by atoms with E-state index in [4.69, 9.17) is 4.74 Å². The first-order valence-corrected chi connectivity index (χ1v) is 16.3. The van der Waals surface area contributed by atoms with Gasteiger partial charge in [-0.05, 0) is 68.5 Å². The lowest BCUT2D eigenvalue weighted by Gasteiger charge is -2.30. The summed E-state index contributed by atoms with van der Waals surface area (Å²) in [6, 6.07) is 5.54. The predicted octanol–water partition coefficient (Wildman–Crippen LogP) is 6.07. The summed E-state index contributed by atoms with van der Waals surface area (Å²) in [6.45, 7) is 1.90. The molecule has 3 heterocycles. The number of nitrogens with one attached hydrogen (secondary N) is 2.